The summed E-state index contributed by atoms with van der Waals surface area (Å²) >= 11 is 0. The van der Waals surface area contributed by atoms with Gasteiger partial charge in [0, 0.05) is 24.2 Å². The second-order valence-electron chi connectivity index (χ2n) is 6.66. The Morgan fingerprint density at radius 1 is 1.18 bits per heavy atom. The molecule has 0 heterocycles. The molecule has 0 spiro atoms. The van der Waals surface area contributed by atoms with Crippen LogP contribution in [0, 0.1) is 5.92 Å². The number of carbonyl (C=O) groups excluding carboxylic acids is 1. The van der Waals surface area contributed by atoms with E-state index in [0.717, 1.165) is 43.5 Å². The van der Waals surface area contributed by atoms with E-state index >= 15 is 0 Å². The van der Waals surface area contributed by atoms with Crippen LogP contribution in [0.4, 0.5) is 5.69 Å². The number of amides is 1. The van der Waals surface area contributed by atoms with Gasteiger partial charge in [-0.1, -0.05) is 12.5 Å². The smallest absolute Gasteiger partial charge is 0.224 e. The lowest BCUT2D eigenvalue weighted by atomic mass is 10.00. The zero-order valence-electron chi connectivity index (χ0n) is 13.1. The van der Waals surface area contributed by atoms with Gasteiger partial charge >= 0.3 is 0 Å². The van der Waals surface area contributed by atoms with Crippen LogP contribution in [-0.4, -0.2) is 18.1 Å². The third-order valence-electron chi connectivity index (χ3n) is 4.89. The molecule has 22 heavy (non-hydrogen) atoms. The molecular weight excluding hydrogens is 276 g/mol. The van der Waals surface area contributed by atoms with Crippen LogP contribution in [0.3, 0.4) is 0 Å². The van der Waals surface area contributed by atoms with Gasteiger partial charge in [-0.3, -0.25) is 4.79 Å². The van der Waals surface area contributed by atoms with Crippen LogP contribution in [0.2, 0.25) is 0 Å². The van der Waals surface area contributed by atoms with Gasteiger partial charge in [-0.2, -0.15) is 0 Å². The van der Waals surface area contributed by atoms with E-state index in [1.807, 2.05) is 24.3 Å². The summed E-state index contributed by atoms with van der Waals surface area (Å²) in [5.41, 5.74) is 6.85. The van der Waals surface area contributed by atoms with Crippen molar-refractivity contribution in [1.29, 1.82) is 0 Å². The Kier molecular flexibility index (Phi) is 4.98. The number of anilines is 1. The Hall–Kier alpha value is -1.55. The summed E-state index contributed by atoms with van der Waals surface area (Å²) in [4.78, 5) is 12.2. The maximum atomic E-state index is 12.2. The van der Waals surface area contributed by atoms with Gasteiger partial charge in [0.05, 0.1) is 6.10 Å². The van der Waals surface area contributed by atoms with Crippen LogP contribution in [0.1, 0.15) is 51.4 Å². The lowest BCUT2D eigenvalue weighted by molar-refractivity contribution is -0.117. The maximum Gasteiger partial charge on any atom is 0.224 e. The van der Waals surface area contributed by atoms with E-state index < -0.39 is 0 Å². The summed E-state index contributed by atoms with van der Waals surface area (Å²) in [6.07, 6.45) is 8.89. The molecule has 1 amide bonds. The van der Waals surface area contributed by atoms with Crippen molar-refractivity contribution < 1.29 is 9.53 Å². The Morgan fingerprint density at radius 2 is 2.00 bits per heavy atom. The minimum Gasteiger partial charge on any atom is -0.490 e. The zero-order valence-corrected chi connectivity index (χ0v) is 13.1. The molecule has 0 aromatic heterocycles. The first-order chi connectivity index (χ1) is 10.7. The zero-order chi connectivity index (χ0) is 15.4. The number of benzene rings is 1. The molecular formula is C18H26N2O2. The molecule has 2 saturated carbocycles. The first-order valence-corrected chi connectivity index (χ1v) is 8.53. The van der Waals surface area contributed by atoms with Crippen molar-refractivity contribution in [3.05, 3.63) is 24.3 Å². The first kappa shape index (κ1) is 15.3. The molecule has 3 rings (SSSR count). The molecule has 2 aliphatic carbocycles. The number of hydrogen-bond acceptors (Lipinski definition) is 3. The molecule has 1 aromatic rings. The highest BCUT2D eigenvalue weighted by Crippen LogP contribution is 2.28. The molecule has 0 saturated heterocycles. The van der Waals surface area contributed by atoms with Crippen molar-refractivity contribution in [2.24, 2.45) is 11.7 Å². The molecule has 2 atom stereocenters. The maximum absolute atomic E-state index is 12.2. The van der Waals surface area contributed by atoms with Gasteiger partial charge in [0.25, 0.3) is 0 Å². The molecule has 2 aliphatic rings. The molecule has 1 aromatic carbocycles. The van der Waals surface area contributed by atoms with Crippen molar-refractivity contribution in [3.8, 4) is 5.75 Å². The monoisotopic (exact) mass is 302 g/mol. The average Bonchev–Trinajstić information content (AvgIpc) is 3.12. The summed E-state index contributed by atoms with van der Waals surface area (Å²) in [6.45, 7) is 0. The van der Waals surface area contributed by atoms with Gasteiger partial charge in [0.1, 0.15) is 5.75 Å². The third kappa shape index (κ3) is 4.01. The number of nitrogens with two attached hydrogens (primary N) is 1. The SMILES string of the molecule is N[C@@H]1CCC[C@H]1CC(=O)Nc1cccc(OC2CCCC2)c1. The van der Waals surface area contributed by atoms with Gasteiger partial charge in [0.2, 0.25) is 5.91 Å². The van der Waals surface area contributed by atoms with Crippen LogP contribution in [0.15, 0.2) is 24.3 Å². The highest BCUT2D eigenvalue weighted by molar-refractivity contribution is 5.91. The second kappa shape index (κ2) is 7.14. The van der Waals surface area contributed by atoms with E-state index in [-0.39, 0.29) is 11.9 Å². The van der Waals surface area contributed by atoms with E-state index in [1.165, 1.54) is 12.8 Å². The number of carbonyl (C=O) groups is 1. The summed E-state index contributed by atoms with van der Waals surface area (Å²) < 4.78 is 5.98. The van der Waals surface area contributed by atoms with Crippen LogP contribution in [0.5, 0.6) is 5.75 Å². The van der Waals surface area contributed by atoms with E-state index in [0.29, 0.717) is 18.4 Å². The normalized spacial score (nSPS) is 25.3. The number of hydrogen-bond donors (Lipinski definition) is 2. The van der Waals surface area contributed by atoms with Crippen molar-refractivity contribution in [2.75, 3.05) is 5.32 Å². The van der Waals surface area contributed by atoms with Crippen LogP contribution >= 0.6 is 0 Å². The van der Waals surface area contributed by atoms with Gasteiger partial charge in [-0.15, -0.1) is 0 Å². The van der Waals surface area contributed by atoms with Gasteiger partial charge < -0.3 is 15.8 Å². The minimum absolute atomic E-state index is 0.0559. The van der Waals surface area contributed by atoms with E-state index in [9.17, 15) is 4.79 Å². The molecule has 0 radical (unpaired) electrons. The molecule has 3 N–H and O–H groups in total. The van der Waals surface area contributed by atoms with Crippen molar-refractivity contribution in [3.63, 3.8) is 0 Å². The standard InChI is InChI=1S/C18H26N2O2/c19-17-10-3-5-13(17)11-18(21)20-14-6-4-9-16(12-14)22-15-7-1-2-8-15/h4,6,9,12-13,15,17H,1-3,5,7-8,10-11,19H2,(H,20,21)/t13-,17+/m0/s1. The van der Waals surface area contributed by atoms with Gasteiger partial charge in [0.15, 0.2) is 0 Å². The van der Waals surface area contributed by atoms with Crippen LogP contribution < -0.4 is 15.8 Å². The van der Waals surface area contributed by atoms with Crippen molar-refractivity contribution in [2.45, 2.75) is 63.5 Å². The van der Waals surface area contributed by atoms with E-state index in [1.54, 1.807) is 0 Å². The highest BCUT2D eigenvalue weighted by atomic mass is 16.5. The molecule has 4 heteroatoms. The fourth-order valence-electron chi connectivity index (χ4n) is 3.61. The van der Waals surface area contributed by atoms with E-state index in [2.05, 4.69) is 5.32 Å². The first-order valence-electron chi connectivity index (χ1n) is 8.53. The average molecular weight is 302 g/mol. The molecule has 120 valence electrons. The molecule has 2 fully saturated rings. The summed E-state index contributed by atoms with van der Waals surface area (Å²) in [5.74, 6) is 1.24. The molecule has 0 bridgehead atoms. The quantitative estimate of drug-likeness (QED) is 0.875. The summed E-state index contributed by atoms with van der Waals surface area (Å²) in [5, 5.41) is 2.98. The van der Waals surface area contributed by atoms with Crippen molar-refractivity contribution in [1.82, 2.24) is 0 Å². The topological polar surface area (TPSA) is 64.4 Å². The Balaban J connectivity index is 1.54. The number of rotatable bonds is 5. The van der Waals surface area contributed by atoms with Gasteiger partial charge in [-0.25, -0.2) is 0 Å². The predicted octanol–water partition coefficient (Wildman–Crippen LogP) is 3.46. The molecule has 4 nitrogen and oxygen atoms in total. The fourth-order valence-corrected chi connectivity index (χ4v) is 3.61. The highest BCUT2D eigenvalue weighted by Gasteiger charge is 2.26. The number of ether oxygens (including phenoxy) is 1. The van der Waals surface area contributed by atoms with Crippen LogP contribution in [0.25, 0.3) is 0 Å². The van der Waals surface area contributed by atoms with E-state index in [4.69, 9.17) is 10.5 Å². The molecule has 0 aliphatic heterocycles. The third-order valence-corrected chi connectivity index (χ3v) is 4.89. The lowest BCUT2D eigenvalue weighted by Crippen LogP contribution is -2.28. The largest absolute Gasteiger partial charge is 0.490 e. The minimum atomic E-state index is 0.0559. The summed E-state index contributed by atoms with van der Waals surface area (Å²) in [6, 6.07) is 7.91. The Morgan fingerprint density at radius 3 is 2.73 bits per heavy atom. The lowest BCUT2D eigenvalue weighted by Gasteiger charge is -2.16. The van der Waals surface area contributed by atoms with Gasteiger partial charge in [-0.05, 0) is 56.6 Å². The predicted molar refractivity (Wildman–Crippen MR) is 87.9 cm³/mol. The van der Waals surface area contributed by atoms with Crippen LogP contribution in [-0.2, 0) is 4.79 Å². The Bertz CT molecular complexity index is 512. The fraction of sp³-hybridized carbons (Fsp3) is 0.611. The second-order valence-corrected chi connectivity index (χ2v) is 6.66. The molecule has 0 unspecified atom stereocenters. The summed E-state index contributed by atoms with van der Waals surface area (Å²) in [7, 11) is 0. The van der Waals surface area contributed by atoms with Crippen molar-refractivity contribution >= 4 is 11.6 Å². The Labute approximate surface area is 132 Å². The number of nitrogens with one attached hydrogen (secondary N) is 1.